The van der Waals surface area contributed by atoms with Gasteiger partial charge in [-0.2, -0.15) is 5.10 Å². The molecule has 0 N–H and O–H groups in total. The first-order chi connectivity index (χ1) is 9.49. The molecule has 106 valence electrons. The second kappa shape index (κ2) is 5.81. The molecule has 0 aliphatic heterocycles. The summed E-state index contributed by atoms with van der Waals surface area (Å²) in [5.41, 5.74) is 0.223. The molecule has 0 saturated carbocycles. The Morgan fingerprint density at radius 2 is 2.20 bits per heavy atom. The average molecular weight is 277 g/mol. The monoisotopic (exact) mass is 277 g/mol. The van der Waals surface area contributed by atoms with Gasteiger partial charge in [-0.05, 0) is 39.0 Å². The summed E-state index contributed by atoms with van der Waals surface area (Å²) in [5, 5.41) is 4.10. The Morgan fingerprint density at radius 3 is 2.85 bits per heavy atom. The number of ketones is 1. The predicted octanol–water partition coefficient (Wildman–Crippen LogP) is 2.78. The van der Waals surface area contributed by atoms with E-state index in [1.54, 1.807) is 4.68 Å². The van der Waals surface area contributed by atoms with Crippen molar-refractivity contribution in [2.75, 3.05) is 0 Å². The molecule has 6 heteroatoms. The summed E-state index contributed by atoms with van der Waals surface area (Å²) in [4.78, 5) is 15.6. The van der Waals surface area contributed by atoms with Crippen molar-refractivity contribution >= 4 is 5.78 Å². The molecule has 2 aromatic rings. The van der Waals surface area contributed by atoms with Crippen LogP contribution in [0, 0.1) is 5.82 Å². The zero-order valence-electron chi connectivity index (χ0n) is 11.6. The lowest BCUT2D eigenvalue weighted by Crippen LogP contribution is -2.11. The van der Waals surface area contributed by atoms with E-state index in [0.717, 1.165) is 0 Å². The van der Waals surface area contributed by atoms with E-state index in [-0.39, 0.29) is 24.0 Å². The third-order valence-corrected chi connectivity index (χ3v) is 2.81. The Hall–Kier alpha value is -2.24. The minimum atomic E-state index is -0.465. The van der Waals surface area contributed by atoms with Crippen LogP contribution >= 0.6 is 0 Å². The first-order valence-electron chi connectivity index (χ1n) is 6.30. The maximum Gasteiger partial charge on any atom is 0.165 e. The van der Waals surface area contributed by atoms with Gasteiger partial charge in [-0.1, -0.05) is 0 Å². The predicted molar refractivity (Wildman–Crippen MR) is 71.1 cm³/mol. The molecule has 0 bridgehead atoms. The van der Waals surface area contributed by atoms with Crippen LogP contribution in [0.2, 0.25) is 0 Å². The van der Waals surface area contributed by atoms with Gasteiger partial charge in [0.1, 0.15) is 24.5 Å². The molecule has 0 atom stereocenters. The second-order valence-corrected chi connectivity index (χ2v) is 4.70. The third kappa shape index (κ3) is 3.01. The molecule has 1 aromatic carbocycles. The molecule has 0 radical (unpaired) electrons. The van der Waals surface area contributed by atoms with Gasteiger partial charge in [-0.15, -0.1) is 0 Å². The molecule has 2 rings (SSSR count). The minimum Gasteiger partial charge on any atom is -0.485 e. The van der Waals surface area contributed by atoms with E-state index in [1.807, 2.05) is 13.8 Å². The Labute approximate surface area is 116 Å². The van der Waals surface area contributed by atoms with Gasteiger partial charge in [0.15, 0.2) is 11.6 Å². The van der Waals surface area contributed by atoms with Gasteiger partial charge >= 0.3 is 0 Å². The normalized spacial score (nSPS) is 10.8. The number of carbonyl (C=O) groups excluding carboxylic acids is 1. The van der Waals surface area contributed by atoms with E-state index in [1.165, 1.54) is 31.5 Å². The largest absolute Gasteiger partial charge is 0.485 e. The summed E-state index contributed by atoms with van der Waals surface area (Å²) in [6, 6.07) is 4.04. The SMILES string of the molecule is CC(=O)c1cc(F)ccc1OCc1ncnn1C(C)C. The molecule has 0 aliphatic carbocycles. The first kappa shape index (κ1) is 14.2. The number of ether oxygens (including phenoxy) is 1. The zero-order chi connectivity index (χ0) is 14.7. The van der Waals surface area contributed by atoms with Crippen LogP contribution in [-0.2, 0) is 6.61 Å². The molecule has 5 nitrogen and oxygen atoms in total. The highest BCUT2D eigenvalue weighted by atomic mass is 19.1. The number of hydrogen-bond donors (Lipinski definition) is 0. The van der Waals surface area contributed by atoms with Crippen molar-refractivity contribution in [1.29, 1.82) is 0 Å². The number of aromatic nitrogens is 3. The highest BCUT2D eigenvalue weighted by molar-refractivity contribution is 5.96. The molecule has 0 amide bonds. The summed E-state index contributed by atoms with van der Waals surface area (Å²) < 4.78 is 20.5. The van der Waals surface area contributed by atoms with Crippen molar-refractivity contribution in [3.63, 3.8) is 0 Å². The van der Waals surface area contributed by atoms with E-state index in [9.17, 15) is 9.18 Å². The van der Waals surface area contributed by atoms with Gasteiger partial charge < -0.3 is 4.74 Å². The van der Waals surface area contributed by atoms with Crippen LogP contribution in [0.1, 0.15) is 43.0 Å². The van der Waals surface area contributed by atoms with Crippen LogP contribution in [0.25, 0.3) is 0 Å². The van der Waals surface area contributed by atoms with Crippen LogP contribution < -0.4 is 4.74 Å². The van der Waals surface area contributed by atoms with E-state index in [0.29, 0.717) is 11.6 Å². The van der Waals surface area contributed by atoms with E-state index >= 15 is 0 Å². The van der Waals surface area contributed by atoms with Gasteiger partial charge in [0, 0.05) is 6.04 Å². The number of carbonyl (C=O) groups is 1. The zero-order valence-corrected chi connectivity index (χ0v) is 11.6. The molecule has 0 spiro atoms. The van der Waals surface area contributed by atoms with Gasteiger partial charge in [0.2, 0.25) is 0 Å². The van der Waals surface area contributed by atoms with Gasteiger partial charge in [0.25, 0.3) is 0 Å². The summed E-state index contributed by atoms with van der Waals surface area (Å²) in [6.45, 7) is 5.51. The summed E-state index contributed by atoms with van der Waals surface area (Å²) in [7, 11) is 0. The Balaban J connectivity index is 2.19. The topological polar surface area (TPSA) is 57.0 Å². The number of benzene rings is 1. The fourth-order valence-electron chi connectivity index (χ4n) is 1.85. The van der Waals surface area contributed by atoms with E-state index in [2.05, 4.69) is 10.1 Å². The highest BCUT2D eigenvalue weighted by Crippen LogP contribution is 2.21. The van der Waals surface area contributed by atoms with Crippen molar-refractivity contribution in [2.24, 2.45) is 0 Å². The van der Waals surface area contributed by atoms with Crippen molar-refractivity contribution in [2.45, 2.75) is 33.4 Å². The Bertz CT molecular complexity index is 623. The Morgan fingerprint density at radius 1 is 1.45 bits per heavy atom. The number of nitrogens with zero attached hydrogens (tertiary/aromatic N) is 3. The second-order valence-electron chi connectivity index (χ2n) is 4.70. The number of rotatable bonds is 5. The number of Topliss-reactive ketones (excluding diaryl/α,β-unsaturated/α-hetero) is 1. The van der Waals surface area contributed by atoms with Crippen molar-refractivity contribution in [3.8, 4) is 5.75 Å². The minimum absolute atomic E-state index is 0.164. The summed E-state index contributed by atoms with van der Waals surface area (Å²) >= 11 is 0. The fourth-order valence-corrected chi connectivity index (χ4v) is 1.85. The van der Waals surface area contributed by atoms with Crippen LogP contribution in [0.4, 0.5) is 4.39 Å². The van der Waals surface area contributed by atoms with Crippen LogP contribution in [0.3, 0.4) is 0 Å². The highest BCUT2D eigenvalue weighted by Gasteiger charge is 2.13. The molecule has 1 heterocycles. The molecular formula is C14H16FN3O2. The summed E-state index contributed by atoms with van der Waals surface area (Å²) in [5.74, 6) is 0.286. The third-order valence-electron chi connectivity index (χ3n) is 2.81. The average Bonchev–Trinajstić information content (AvgIpc) is 2.85. The number of halogens is 1. The molecule has 0 saturated heterocycles. The maximum atomic E-state index is 13.2. The van der Waals surface area contributed by atoms with Crippen molar-refractivity contribution in [3.05, 3.63) is 41.7 Å². The molecule has 0 fully saturated rings. The smallest absolute Gasteiger partial charge is 0.165 e. The fraction of sp³-hybridized carbons (Fsp3) is 0.357. The lowest BCUT2D eigenvalue weighted by atomic mass is 10.1. The number of hydrogen-bond acceptors (Lipinski definition) is 4. The quantitative estimate of drug-likeness (QED) is 0.788. The van der Waals surface area contributed by atoms with Gasteiger partial charge in [0.05, 0.1) is 5.56 Å². The van der Waals surface area contributed by atoms with Gasteiger partial charge in [-0.25, -0.2) is 14.1 Å². The van der Waals surface area contributed by atoms with Crippen molar-refractivity contribution < 1.29 is 13.9 Å². The van der Waals surface area contributed by atoms with Gasteiger partial charge in [-0.3, -0.25) is 4.79 Å². The lowest BCUT2D eigenvalue weighted by Gasteiger charge is -2.12. The molecule has 20 heavy (non-hydrogen) atoms. The maximum absolute atomic E-state index is 13.2. The van der Waals surface area contributed by atoms with Crippen LogP contribution in [0.15, 0.2) is 24.5 Å². The molecule has 0 unspecified atom stereocenters. The summed E-state index contributed by atoms with van der Waals surface area (Å²) in [6.07, 6.45) is 1.45. The molecule has 1 aromatic heterocycles. The van der Waals surface area contributed by atoms with Crippen molar-refractivity contribution in [1.82, 2.24) is 14.8 Å². The van der Waals surface area contributed by atoms with E-state index < -0.39 is 5.82 Å². The molecular weight excluding hydrogens is 261 g/mol. The standard InChI is InChI=1S/C14H16FN3O2/c1-9(2)18-14(16-8-17-18)7-20-13-5-4-11(15)6-12(13)10(3)19/h4-6,8-9H,7H2,1-3H3. The van der Waals surface area contributed by atoms with Crippen LogP contribution in [-0.4, -0.2) is 20.5 Å². The van der Waals surface area contributed by atoms with E-state index in [4.69, 9.17) is 4.74 Å². The Kier molecular flexibility index (Phi) is 4.12. The lowest BCUT2D eigenvalue weighted by molar-refractivity contribution is 0.101. The van der Waals surface area contributed by atoms with Crippen LogP contribution in [0.5, 0.6) is 5.75 Å². The molecule has 0 aliphatic rings. The first-order valence-corrected chi connectivity index (χ1v) is 6.30.